The van der Waals surface area contributed by atoms with Crippen molar-refractivity contribution in [3.63, 3.8) is 0 Å². The van der Waals surface area contributed by atoms with Crippen molar-refractivity contribution >= 4 is 40.6 Å². The SMILES string of the molecule is CCc1nsc(SCC(=O)Nc2cccc(N)c2)n1. The fraction of sp³-hybridized carbons (Fsp3) is 0.250. The van der Waals surface area contributed by atoms with Crippen LogP contribution < -0.4 is 11.1 Å². The van der Waals surface area contributed by atoms with Gasteiger partial charge in [-0.3, -0.25) is 4.79 Å². The van der Waals surface area contributed by atoms with E-state index < -0.39 is 0 Å². The molecule has 0 saturated heterocycles. The van der Waals surface area contributed by atoms with Gasteiger partial charge >= 0.3 is 0 Å². The van der Waals surface area contributed by atoms with E-state index in [9.17, 15) is 4.79 Å². The molecule has 0 saturated carbocycles. The second kappa shape index (κ2) is 6.53. The first kappa shape index (κ1) is 13.8. The highest BCUT2D eigenvalue weighted by atomic mass is 32.2. The maximum absolute atomic E-state index is 11.8. The summed E-state index contributed by atoms with van der Waals surface area (Å²) >= 11 is 2.72. The molecule has 0 radical (unpaired) electrons. The Bertz CT molecular complexity index is 570. The molecule has 2 aromatic rings. The average Bonchev–Trinajstić information content (AvgIpc) is 2.84. The Morgan fingerprint density at radius 2 is 2.37 bits per heavy atom. The molecule has 100 valence electrons. The monoisotopic (exact) mass is 294 g/mol. The minimum absolute atomic E-state index is 0.0798. The molecule has 1 aromatic carbocycles. The highest BCUT2D eigenvalue weighted by Gasteiger charge is 2.07. The molecular formula is C12H14N4OS2. The number of nitrogens with two attached hydrogens (primary N) is 1. The van der Waals surface area contributed by atoms with E-state index in [-0.39, 0.29) is 5.91 Å². The van der Waals surface area contributed by atoms with E-state index in [1.54, 1.807) is 24.3 Å². The Balaban J connectivity index is 1.84. The van der Waals surface area contributed by atoms with Gasteiger partial charge in [-0.2, -0.15) is 4.37 Å². The molecule has 0 aliphatic rings. The summed E-state index contributed by atoms with van der Waals surface area (Å²) in [5.74, 6) is 1.06. The van der Waals surface area contributed by atoms with Crippen molar-refractivity contribution in [2.45, 2.75) is 17.7 Å². The summed E-state index contributed by atoms with van der Waals surface area (Å²) in [6.07, 6.45) is 0.812. The van der Waals surface area contributed by atoms with E-state index in [4.69, 9.17) is 5.73 Å². The average molecular weight is 294 g/mol. The number of aryl methyl sites for hydroxylation is 1. The molecule has 7 heteroatoms. The number of anilines is 2. The molecular weight excluding hydrogens is 280 g/mol. The highest BCUT2D eigenvalue weighted by Crippen LogP contribution is 2.20. The van der Waals surface area contributed by atoms with Crippen LogP contribution in [0.4, 0.5) is 11.4 Å². The molecule has 0 atom stereocenters. The molecule has 3 N–H and O–H groups in total. The van der Waals surface area contributed by atoms with Crippen LogP contribution in [0.25, 0.3) is 0 Å². The molecule has 0 unspecified atom stereocenters. The lowest BCUT2D eigenvalue weighted by Gasteiger charge is -2.04. The second-order valence-electron chi connectivity index (χ2n) is 3.79. The Morgan fingerprint density at radius 3 is 3.05 bits per heavy atom. The maximum atomic E-state index is 11.8. The predicted molar refractivity (Wildman–Crippen MR) is 79.5 cm³/mol. The number of carbonyl (C=O) groups is 1. The van der Waals surface area contributed by atoms with Crippen molar-refractivity contribution < 1.29 is 4.79 Å². The third-order valence-electron chi connectivity index (χ3n) is 2.26. The molecule has 0 bridgehead atoms. The summed E-state index contributed by atoms with van der Waals surface area (Å²) < 4.78 is 4.99. The van der Waals surface area contributed by atoms with Crippen LogP contribution in [0.1, 0.15) is 12.7 Å². The largest absolute Gasteiger partial charge is 0.399 e. The van der Waals surface area contributed by atoms with Gasteiger partial charge in [0, 0.05) is 17.8 Å². The van der Waals surface area contributed by atoms with Crippen LogP contribution in [-0.4, -0.2) is 21.0 Å². The van der Waals surface area contributed by atoms with Crippen LogP contribution in [0.2, 0.25) is 0 Å². The number of hydrogen-bond donors (Lipinski definition) is 2. The Labute approximate surface area is 119 Å². The molecule has 1 amide bonds. The third kappa shape index (κ3) is 4.22. The van der Waals surface area contributed by atoms with Crippen molar-refractivity contribution in [1.29, 1.82) is 0 Å². The highest BCUT2D eigenvalue weighted by molar-refractivity contribution is 8.01. The minimum Gasteiger partial charge on any atom is -0.399 e. The van der Waals surface area contributed by atoms with Gasteiger partial charge in [-0.25, -0.2) is 4.98 Å². The summed E-state index contributed by atoms with van der Waals surface area (Å²) in [6.45, 7) is 2.00. The fourth-order valence-corrected chi connectivity index (χ4v) is 2.88. The molecule has 0 aliphatic heterocycles. The second-order valence-corrected chi connectivity index (χ2v) is 5.77. The summed E-state index contributed by atoms with van der Waals surface area (Å²) in [7, 11) is 0. The third-order valence-corrected chi connectivity index (χ3v) is 4.13. The van der Waals surface area contributed by atoms with E-state index in [2.05, 4.69) is 14.7 Å². The van der Waals surface area contributed by atoms with Crippen molar-refractivity contribution in [3.8, 4) is 0 Å². The van der Waals surface area contributed by atoms with Crippen LogP contribution in [0, 0.1) is 0 Å². The number of benzene rings is 1. The molecule has 0 spiro atoms. The smallest absolute Gasteiger partial charge is 0.234 e. The predicted octanol–water partition coefficient (Wildman–Crippen LogP) is 2.41. The van der Waals surface area contributed by atoms with Gasteiger partial charge < -0.3 is 11.1 Å². The van der Waals surface area contributed by atoms with E-state index in [0.29, 0.717) is 17.1 Å². The zero-order valence-electron chi connectivity index (χ0n) is 10.4. The van der Waals surface area contributed by atoms with Crippen molar-refractivity contribution in [2.24, 2.45) is 0 Å². The lowest BCUT2D eigenvalue weighted by molar-refractivity contribution is -0.113. The van der Waals surface area contributed by atoms with Crippen LogP contribution in [0.15, 0.2) is 28.6 Å². The molecule has 2 rings (SSSR count). The van der Waals surface area contributed by atoms with E-state index >= 15 is 0 Å². The van der Waals surface area contributed by atoms with Crippen molar-refractivity contribution in [3.05, 3.63) is 30.1 Å². The van der Waals surface area contributed by atoms with E-state index in [1.165, 1.54) is 23.3 Å². The molecule has 19 heavy (non-hydrogen) atoms. The number of nitrogens with one attached hydrogen (secondary N) is 1. The topological polar surface area (TPSA) is 80.9 Å². The Hall–Kier alpha value is -1.60. The summed E-state index contributed by atoms with van der Waals surface area (Å²) in [4.78, 5) is 16.0. The Kier molecular flexibility index (Phi) is 4.75. The van der Waals surface area contributed by atoms with Gasteiger partial charge in [-0.15, -0.1) is 0 Å². The first-order valence-electron chi connectivity index (χ1n) is 5.78. The molecule has 1 aromatic heterocycles. The zero-order valence-corrected chi connectivity index (χ0v) is 12.1. The Morgan fingerprint density at radius 1 is 1.53 bits per heavy atom. The van der Waals surface area contributed by atoms with Crippen molar-refractivity contribution in [2.75, 3.05) is 16.8 Å². The zero-order chi connectivity index (χ0) is 13.7. The van der Waals surface area contributed by atoms with Crippen LogP contribution in [-0.2, 0) is 11.2 Å². The van der Waals surface area contributed by atoms with Gasteiger partial charge in [-0.1, -0.05) is 24.8 Å². The number of amides is 1. The quantitative estimate of drug-likeness (QED) is 0.654. The van der Waals surface area contributed by atoms with Crippen molar-refractivity contribution in [1.82, 2.24) is 9.36 Å². The van der Waals surface area contributed by atoms with Gasteiger partial charge in [0.2, 0.25) is 5.91 Å². The summed E-state index contributed by atoms with van der Waals surface area (Å²) in [5, 5.41) is 2.79. The van der Waals surface area contributed by atoms with Gasteiger partial charge in [0.25, 0.3) is 0 Å². The molecule has 0 fully saturated rings. The number of rotatable bonds is 5. The normalized spacial score (nSPS) is 10.4. The first-order valence-corrected chi connectivity index (χ1v) is 7.54. The van der Waals surface area contributed by atoms with E-state index in [0.717, 1.165) is 16.6 Å². The standard InChI is InChI=1S/C12H14N4OS2/c1-2-10-15-12(19-16-10)18-7-11(17)14-9-5-3-4-8(13)6-9/h3-6H,2,7,13H2,1H3,(H,14,17). The first-order chi connectivity index (χ1) is 9.17. The minimum atomic E-state index is -0.0798. The molecule has 5 nitrogen and oxygen atoms in total. The lowest BCUT2D eigenvalue weighted by Crippen LogP contribution is -2.14. The number of nitrogen functional groups attached to an aromatic ring is 1. The van der Waals surface area contributed by atoms with Gasteiger partial charge in [0.05, 0.1) is 5.75 Å². The van der Waals surface area contributed by atoms with E-state index in [1.807, 2.05) is 6.92 Å². The lowest BCUT2D eigenvalue weighted by atomic mass is 10.3. The van der Waals surface area contributed by atoms with Crippen LogP contribution >= 0.6 is 23.3 Å². The molecule has 0 aliphatic carbocycles. The van der Waals surface area contributed by atoms with Crippen LogP contribution in [0.5, 0.6) is 0 Å². The fourth-order valence-electron chi connectivity index (χ4n) is 1.38. The van der Waals surface area contributed by atoms with Gasteiger partial charge in [0.15, 0.2) is 4.34 Å². The van der Waals surface area contributed by atoms with Crippen LogP contribution in [0.3, 0.4) is 0 Å². The summed E-state index contributed by atoms with van der Waals surface area (Å²) in [5.41, 5.74) is 6.98. The number of hydrogen-bond acceptors (Lipinski definition) is 6. The number of nitrogens with zero attached hydrogens (tertiary/aromatic N) is 2. The maximum Gasteiger partial charge on any atom is 0.234 e. The van der Waals surface area contributed by atoms with Gasteiger partial charge in [-0.05, 0) is 29.7 Å². The molecule has 1 heterocycles. The number of thioether (sulfide) groups is 1. The number of carbonyl (C=O) groups excluding carboxylic acids is 1. The number of aromatic nitrogens is 2. The summed E-state index contributed by atoms with van der Waals surface area (Å²) in [6, 6.07) is 7.11. The van der Waals surface area contributed by atoms with Gasteiger partial charge in [0.1, 0.15) is 5.82 Å².